The lowest BCUT2D eigenvalue weighted by Gasteiger charge is -2.10. The van der Waals surface area contributed by atoms with E-state index in [0.29, 0.717) is 5.82 Å². The average Bonchev–Trinajstić information content (AvgIpc) is 3.00. The number of carbonyl (C=O) groups is 1. The van der Waals surface area contributed by atoms with Gasteiger partial charge in [0, 0.05) is 29.5 Å². The van der Waals surface area contributed by atoms with Crippen molar-refractivity contribution in [2.24, 2.45) is 0 Å². The van der Waals surface area contributed by atoms with Gasteiger partial charge in [0.2, 0.25) is 0 Å². The van der Waals surface area contributed by atoms with Crippen LogP contribution < -0.4 is 0 Å². The molecule has 4 nitrogen and oxygen atoms in total. The predicted octanol–water partition coefficient (Wildman–Crippen LogP) is 2.61. The van der Waals surface area contributed by atoms with E-state index < -0.39 is 0 Å². The summed E-state index contributed by atoms with van der Waals surface area (Å²) in [5.74, 6) is 0.429. The molecule has 3 rings (SSSR count). The van der Waals surface area contributed by atoms with Gasteiger partial charge in [0.15, 0.2) is 0 Å². The molecule has 4 heteroatoms. The monoisotopic (exact) mass is 239 g/mol. The van der Waals surface area contributed by atoms with Crippen LogP contribution in [-0.2, 0) is 4.79 Å². The van der Waals surface area contributed by atoms with Gasteiger partial charge in [0.25, 0.3) is 0 Å². The normalized spacial score (nSPS) is 12.7. The molecule has 2 heterocycles. The van der Waals surface area contributed by atoms with Gasteiger partial charge in [-0.15, -0.1) is 0 Å². The predicted molar refractivity (Wildman–Crippen MR) is 69.4 cm³/mol. The molecule has 3 aromatic rings. The highest BCUT2D eigenvalue weighted by molar-refractivity contribution is 5.93. The molecule has 2 aromatic heterocycles. The van der Waals surface area contributed by atoms with E-state index in [9.17, 15) is 4.79 Å². The Balaban J connectivity index is 2.19. The summed E-state index contributed by atoms with van der Waals surface area (Å²) < 4.78 is 0. The molecular formula is C14H13N3O. The van der Waals surface area contributed by atoms with Crippen molar-refractivity contribution in [1.82, 2.24) is 15.0 Å². The fourth-order valence-electron chi connectivity index (χ4n) is 2.33. The summed E-state index contributed by atoms with van der Waals surface area (Å²) in [4.78, 5) is 22.3. The van der Waals surface area contributed by atoms with E-state index in [-0.39, 0.29) is 11.7 Å². The molecule has 0 aliphatic rings. The van der Waals surface area contributed by atoms with Gasteiger partial charge in [0.05, 0.1) is 0 Å². The van der Waals surface area contributed by atoms with Gasteiger partial charge in [0.1, 0.15) is 17.5 Å². The number of aromatic amines is 2. The Hall–Kier alpha value is -2.36. The Morgan fingerprint density at radius 3 is 2.83 bits per heavy atom. The van der Waals surface area contributed by atoms with Crippen molar-refractivity contribution in [2.45, 2.75) is 12.8 Å². The van der Waals surface area contributed by atoms with E-state index in [1.54, 1.807) is 19.3 Å². The lowest BCUT2D eigenvalue weighted by atomic mass is 9.94. The van der Waals surface area contributed by atoms with Gasteiger partial charge in [-0.1, -0.05) is 18.2 Å². The second-order valence-electron chi connectivity index (χ2n) is 4.31. The van der Waals surface area contributed by atoms with E-state index in [1.165, 1.54) is 0 Å². The van der Waals surface area contributed by atoms with Crippen LogP contribution in [0.5, 0.6) is 0 Å². The number of nitrogens with one attached hydrogen (secondary N) is 2. The maximum atomic E-state index is 11.9. The summed E-state index contributed by atoms with van der Waals surface area (Å²) in [6.07, 6.45) is 5.29. The first kappa shape index (κ1) is 10.8. The molecule has 2 N–H and O–H groups in total. The number of carbonyl (C=O) groups excluding carboxylic acids is 1. The average molecular weight is 239 g/mol. The summed E-state index contributed by atoms with van der Waals surface area (Å²) in [7, 11) is 0. The smallest absolute Gasteiger partial charge is 0.144 e. The first-order valence-electron chi connectivity index (χ1n) is 5.83. The summed E-state index contributed by atoms with van der Waals surface area (Å²) in [5.41, 5.74) is 2.00. The van der Waals surface area contributed by atoms with Crippen LogP contribution in [0.25, 0.3) is 10.9 Å². The van der Waals surface area contributed by atoms with Crippen molar-refractivity contribution in [3.8, 4) is 0 Å². The van der Waals surface area contributed by atoms with Crippen molar-refractivity contribution >= 4 is 16.7 Å². The Labute approximate surface area is 104 Å². The molecule has 0 fully saturated rings. The second kappa shape index (κ2) is 4.14. The fourth-order valence-corrected chi connectivity index (χ4v) is 2.33. The maximum absolute atomic E-state index is 11.9. The molecule has 0 radical (unpaired) electrons. The molecule has 1 aromatic carbocycles. The second-order valence-corrected chi connectivity index (χ2v) is 4.31. The summed E-state index contributed by atoms with van der Waals surface area (Å²) in [5, 5.41) is 1.06. The zero-order valence-electron chi connectivity index (χ0n) is 9.97. The minimum absolute atomic E-state index is 0.0784. The van der Waals surface area contributed by atoms with Crippen LogP contribution in [0.3, 0.4) is 0 Å². The Kier molecular flexibility index (Phi) is 2.48. The largest absolute Gasteiger partial charge is 0.361 e. The standard InChI is InChI=1S/C14H13N3O/c1-9(18)13(14-15-6-7-16-14)11-8-17-12-5-3-2-4-10(11)12/h2-8,13,17H,1H3,(H,15,16). The Morgan fingerprint density at radius 2 is 2.11 bits per heavy atom. The summed E-state index contributed by atoms with van der Waals surface area (Å²) in [6.45, 7) is 1.59. The molecule has 0 amide bonds. The van der Waals surface area contributed by atoms with Crippen LogP contribution in [0.4, 0.5) is 0 Å². The van der Waals surface area contributed by atoms with Gasteiger partial charge in [-0.05, 0) is 18.6 Å². The lowest BCUT2D eigenvalue weighted by Crippen LogP contribution is -2.11. The molecular weight excluding hydrogens is 226 g/mol. The SMILES string of the molecule is CC(=O)C(c1ncc[nH]1)c1c[nH]c2ccccc12. The summed E-state index contributed by atoms with van der Waals surface area (Å²) >= 11 is 0. The van der Waals surface area contributed by atoms with E-state index in [1.807, 2.05) is 30.5 Å². The van der Waals surface area contributed by atoms with Gasteiger partial charge in [-0.3, -0.25) is 4.79 Å². The third-order valence-electron chi connectivity index (χ3n) is 3.13. The number of para-hydroxylation sites is 1. The first-order chi connectivity index (χ1) is 8.77. The van der Waals surface area contributed by atoms with Gasteiger partial charge in [-0.2, -0.15) is 0 Å². The van der Waals surface area contributed by atoms with Gasteiger partial charge < -0.3 is 9.97 Å². The molecule has 0 saturated carbocycles. The number of benzene rings is 1. The number of nitrogens with zero attached hydrogens (tertiary/aromatic N) is 1. The number of Topliss-reactive ketones (excluding diaryl/α,β-unsaturated/α-hetero) is 1. The number of imidazole rings is 1. The lowest BCUT2D eigenvalue weighted by molar-refractivity contribution is -0.117. The van der Waals surface area contributed by atoms with Crippen molar-refractivity contribution in [1.29, 1.82) is 0 Å². The van der Waals surface area contributed by atoms with E-state index in [0.717, 1.165) is 16.5 Å². The van der Waals surface area contributed by atoms with Crippen molar-refractivity contribution in [3.63, 3.8) is 0 Å². The number of hydrogen-bond acceptors (Lipinski definition) is 2. The molecule has 0 aliphatic carbocycles. The van der Waals surface area contributed by atoms with Crippen LogP contribution >= 0.6 is 0 Å². The molecule has 0 bridgehead atoms. The van der Waals surface area contributed by atoms with Gasteiger partial charge >= 0.3 is 0 Å². The maximum Gasteiger partial charge on any atom is 0.144 e. The molecule has 0 aliphatic heterocycles. The molecule has 0 saturated heterocycles. The zero-order valence-corrected chi connectivity index (χ0v) is 9.97. The van der Waals surface area contributed by atoms with Crippen LogP contribution in [0.2, 0.25) is 0 Å². The molecule has 0 spiro atoms. The third-order valence-corrected chi connectivity index (χ3v) is 3.13. The van der Waals surface area contributed by atoms with Crippen LogP contribution in [0.15, 0.2) is 42.9 Å². The highest BCUT2D eigenvalue weighted by Crippen LogP contribution is 2.29. The molecule has 1 unspecified atom stereocenters. The number of H-pyrrole nitrogens is 2. The van der Waals surface area contributed by atoms with E-state index >= 15 is 0 Å². The van der Waals surface area contributed by atoms with Crippen molar-refractivity contribution < 1.29 is 4.79 Å². The van der Waals surface area contributed by atoms with Crippen molar-refractivity contribution in [3.05, 3.63) is 54.2 Å². The van der Waals surface area contributed by atoms with Gasteiger partial charge in [-0.25, -0.2) is 4.98 Å². The topological polar surface area (TPSA) is 61.5 Å². The number of ketones is 1. The summed E-state index contributed by atoms with van der Waals surface area (Å²) in [6, 6.07) is 7.95. The van der Waals surface area contributed by atoms with Crippen LogP contribution in [0, 0.1) is 0 Å². The number of aromatic nitrogens is 3. The number of hydrogen-bond donors (Lipinski definition) is 2. The first-order valence-corrected chi connectivity index (χ1v) is 5.83. The van der Waals surface area contributed by atoms with Crippen molar-refractivity contribution in [2.75, 3.05) is 0 Å². The van der Waals surface area contributed by atoms with E-state index in [2.05, 4.69) is 15.0 Å². The zero-order chi connectivity index (χ0) is 12.5. The number of rotatable bonds is 3. The number of fused-ring (bicyclic) bond motifs is 1. The van der Waals surface area contributed by atoms with Crippen LogP contribution in [0.1, 0.15) is 24.2 Å². The molecule has 18 heavy (non-hydrogen) atoms. The van der Waals surface area contributed by atoms with E-state index in [4.69, 9.17) is 0 Å². The quantitative estimate of drug-likeness (QED) is 0.738. The molecule has 1 atom stereocenters. The highest BCUT2D eigenvalue weighted by atomic mass is 16.1. The van der Waals surface area contributed by atoms with Crippen LogP contribution in [-0.4, -0.2) is 20.7 Å². The minimum Gasteiger partial charge on any atom is -0.361 e. The third kappa shape index (κ3) is 1.62. The Morgan fingerprint density at radius 1 is 1.28 bits per heavy atom. The highest BCUT2D eigenvalue weighted by Gasteiger charge is 2.24. The molecule has 90 valence electrons. The fraction of sp³-hybridized carbons (Fsp3) is 0.143. The minimum atomic E-state index is -0.337. The Bertz CT molecular complexity index is 682.